The monoisotopic (exact) mass is 484 g/mol. The highest BCUT2D eigenvalue weighted by Gasteiger charge is 2.47. The lowest BCUT2D eigenvalue weighted by atomic mass is 10.1. The molecule has 35 heavy (non-hydrogen) atoms. The molecule has 11 heteroatoms. The summed E-state index contributed by atoms with van der Waals surface area (Å²) in [5.41, 5.74) is -1.71. The number of carbonyl (C=O) groups excluding carboxylic acids is 2. The molecule has 178 valence electrons. The Balaban J connectivity index is 1.67. The second-order valence-corrected chi connectivity index (χ2v) is 7.25. The molecule has 2 heterocycles. The summed E-state index contributed by atoms with van der Waals surface area (Å²) in [6, 6.07) is 13.9. The fourth-order valence-electron chi connectivity index (χ4n) is 3.32. The summed E-state index contributed by atoms with van der Waals surface area (Å²) in [6.07, 6.45) is -4.04. The Hall–Kier alpha value is -4.67. The van der Waals surface area contributed by atoms with Crippen molar-refractivity contribution in [1.82, 2.24) is 0 Å². The van der Waals surface area contributed by atoms with E-state index < -0.39 is 35.3 Å². The van der Waals surface area contributed by atoms with Crippen LogP contribution >= 0.6 is 0 Å². The highest BCUT2D eigenvalue weighted by atomic mass is 19.4. The molecule has 0 fully saturated rings. The number of carboxylic acids is 1. The van der Waals surface area contributed by atoms with Gasteiger partial charge in [0.15, 0.2) is 5.71 Å². The number of hydrazone groups is 1. The number of methoxy groups -OCH3 is 1. The number of anilines is 1. The highest BCUT2D eigenvalue weighted by molar-refractivity contribution is 6.34. The molecule has 0 radical (unpaired) electrons. The maximum Gasteiger partial charge on any atom is 0.435 e. The third kappa shape index (κ3) is 4.69. The van der Waals surface area contributed by atoms with E-state index in [2.05, 4.69) is 9.84 Å². The Morgan fingerprint density at radius 2 is 1.77 bits per heavy atom. The highest BCUT2D eigenvalue weighted by Crippen LogP contribution is 2.33. The third-order valence-corrected chi connectivity index (χ3v) is 4.99. The number of furan rings is 1. The maximum atomic E-state index is 13.7. The van der Waals surface area contributed by atoms with E-state index in [9.17, 15) is 27.6 Å². The zero-order valence-electron chi connectivity index (χ0n) is 17.9. The van der Waals surface area contributed by atoms with Gasteiger partial charge in [0.1, 0.15) is 11.5 Å². The van der Waals surface area contributed by atoms with E-state index in [1.807, 2.05) is 0 Å². The van der Waals surface area contributed by atoms with Gasteiger partial charge in [-0.05, 0) is 48.5 Å². The number of aromatic carboxylic acids is 1. The van der Waals surface area contributed by atoms with E-state index in [1.54, 1.807) is 12.1 Å². The van der Waals surface area contributed by atoms with Gasteiger partial charge in [-0.3, -0.25) is 4.79 Å². The number of esters is 1. The predicted octanol–water partition coefficient (Wildman–Crippen LogP) is 4.78. The van der Waals surface area contributed by atoms with Crippen LogP contribution in [0.15, 0.2) is 75.8 Å². The van der Waals surface area contributed by atoms with Gasteiger partial charge in [-0.1, -0.05) is 18.2 Å². The molecule has 1 aliphatic heterocycles. The summed E-state index contributed by atoms with van der Waals surface area (Å²) >= 11 is 0. The molecule has 0 atom stereocenters. The van der Waals surface area contributed by atoms with Gasteiger partial charge in [0.05, 0.1) is 29.5 Å². The van der Waals surface area contributed by atoms with Crippen LogP contribution in [0.4, 0.5) is 18.9 Å². The number of amides is 1. The number of carboxylic acid groups (broad SMARTS) is 1. The minimum absolute atomic E-state index is 0.0431. The van der Waals surface area contributed by atoms with E-state index in [1.165, 1.54) is 49.6 Å². The van der Waals surface area contributed by atoms with E-state index in [-0.39, 0.29) is 22.8 Å². The quantitative estimate of drug-likeness (QED) is 0.412. The Kier molecular flexibility index (Phi) is 6.00. The van der Waals surface area contributed by atoms with Crippen molar-refractivity contribution in [2.24, 2.45) is 5.10 Å². The van der Waals surface area contributed by atoms with Gasteiger partial charge in [-0.15, -0.1) is 0 Å². The first kappa shape index (κ1) is 23.5. The number of ether oxygens (including phenoxy) is 1. The normalized spacial score (nSPS) is 14.9. The third-order valence-electron chi connectivity index (χ3n) is 4.99. The molecule has 1 aromatic heterocycles. The Morgan fingerprint density at radius 1 is 1.06 bits per heavy atom. The van der Waals surface area contributed by atoms with Gasteiger partial charge in [0, 0.05) is 5.56 Å². The minimum Gasteiger partial charge on any atom is -0.478 e. The predicted molar refractivity (Wildman–Crippen MR) is 118 cm³/mol. The van der Waals surface area contributed by atoms with E-state index in [4.69, 9.17) is 9.52 Å². The fraction of sp³-hybridized carbons (Fsp3) is 0.0833. The van der Waals surface area contributed by atoms with Crippen molar-refractivity contribution in [2.45, 2.75) is 6.18 Å². The molecule has 0 saturated carbocycles. The van der Waals surface area contributed by atoms with E-state index in [0.717, 1.165) is 12.1 Å². The lowest BCUT2D eigenvalue weighted by Crippen LogP contribution is -2.25. The van der Waals surface area contributed by atoms with Crippen LogP contribution in [0.5, 0.6) is 0 Å². The van der Waals surface area contributed by atoms with E-state index >= 15 is 0 Å². The first-order valence-electron chi connectivity index (χ1n) is 9.93. The molecule has 1 N–H and O–H groups in total. The van der Waals surface area contributed by atoms with Crippen molar-refractivity contribution in [3.8, 4) is 11.3 Å². The van der Waals surface area contributed by atoms with Crippen LogP contribution < -0.4 is 5.01 Å². The molecule has 0 bridgehead atoms. The van der Waals surface area contributed by atoms with Gasteiger partial charge in [-0.2, -0.15) is 23.3 Å². The molecular weight excluding hydrogens is 469 g/mol. The van der Waals surface area contributed by atoms with Crippen molar-refractivity contribution in [2.75, 3.05) is 12.1 Å². The van der Waals surface area contributed by atoms with Gasteiger partial charge in [0.25, 0.3) is 5.91 Å². The first-order chi connectivity index (χ1) is 16.6. The molecule has 0 saturated heterocycles. The van der Waals surface area contributed by atoms with Gasteiger partial charge < -0.3 is 14.3 Å². The summed E-state index contributed by atoms with van der Waals surface area (Å²) in [5, 5.41) is 13.0. The van der Waals surface area contributed by atoms with Crippen molar-refractivity contribution in [3.05, 3.63) is 83.1 Å². The number of halogens is 3. The molecular formula is C24H15F3N2O6. The second kappa shape index (κ2) is 8.93. The zero-order chi connectivity index (χ0) is 25.3. The van der Waals surface area contributed by atoms with Crippen LogP contribution in [-0.4, -0.2) is 42.0 Å². The summed E-state index contributed by atoms with van der Waals surface area (Å²) < 4.78 is 51.2. The first-order valence-corrected chi connectivity index (χ1v) is 9.93. The molecule has 1 amide bonds. The largest absolute Gasteiger partial charge is 0.478 e. The molecule has 4 rings (SSSR count). The van der Waals surface area contributed by atoms with Crippen molar-refractivity contribution in [1.29, 1.82) is 0 Å². The molecule has 1 aliphatic rings. The van der Waals surface area contributed by atoms with Gasteiger partial charge in [0.2, 0.25) is 0 Å². The van der Waals surface area contributed by atoms with Crippen LogP contribution in [-0.2, 0) is 9.53 Å². The molecule has 8 nitrogen and oxygen atoms in total. The number of hydrogen-bond donors (Lipinski definition) is 1. The summed E-state index contributed by atoms with van der Waals surface area (Å²) in [6.45, 7) is 0. The summed E-state index contributed by atoms with van der Waals surface area (Å²) in [7, 11) is 1.25. The number of alkyl halides is 3. The molecule has 0 spiro atoms. The van der Waals surface area contributed by atoms with Crippen LogP contribution in [0, 0.1) is 0 Å². The lowest BCUT2D eigenvalue weighted by Gasteiger charge is -2.11. The standard InChI is InChI=1S/C24H15F3N2O6/c1-34-23(33)14-7-5-13(6-8-14)19-10-9-17(35-19)12-18-20(24(25,26)27)28-29(21(18)30)16-4-2-3-15(11-16)22(31)32/h2-12H,1H3,(H,31,32)/b18-12-. The molecule has 0 unspecified atom stereocenters. The van der Waals surface area contributed by atoms with Crippen molar-refractivity contribution < 1.29 is 41.8 Å². The molecule has 2 aromatic carbocycles. The van der Waals surface area contributed by atoms with E-state index in [0.29, 0.717) is 16.1 Å². The Bertz CT molecular complexity index is 1390. The number of hydrogen-bond acceptors (Lipinski definition) is 6. The fourth-order valence-corrected chi connectivity index (χ4v) is 3.32. The Morgan fingerprint density at radius 3 is 2.40 bits per heavy atom. The topological polar surface area (TPSA) is 109 Å². The van der Waals surface area contributed by atoms with Crippen molar-refractivity contribution in [3.63, 3.8) is 0 Å². The number of benzene rings is 2. The number of nitrogens with zero attached hydrogens (tertiary/aromatic N) is 2. The van der Waals surface area contributed by atoms with Crippen LogP contribution in [0.1, 0.15) is 26.5 Å². The van der Waals surface area contributed by atoms with Crippen LogP contribution in [0.3, 0.4) is 0 Å². The van der Waals surface area contributed by atoms with Crippen molar-refractivity contribution >= 4 is 35.3 Å². The SMILES string of the molecule is COC(=O)c1ccc(-c2ccc(/C=C3\C(=O)N(c4cccc(C(=O)O)c4)N=C3C(F)(F)F)o2)cc1. The van der Waals surface area contributed by atoms with Crippen LogP contribution in [0.2, 0.25) is 0 Å². The van der Waals surface area contributed by atoms with Gasteiger partial charge in [-0.25, -0.2) is 9.59 Å². The summed E-state index contributed by atoms with van der Waals surface area (Å²) in [4.78, 5) is 35.6. The smallest absolute Gasteiger partial charge is 0.435 e. The zero-order valence-corrected chi connectivity index (χ0v) is 17.9. The summed E-state index contributed by atoms with van der Waals surface area (Å²) in [5.74, 6) is -2.69. The average Bonchev–Trinajstić information content (AvgIpc) is 3.44. The number of carbonyl (C=O) groups is 3. The average molecular weight is 484 g/mol. The molecule has 3 aromatic rings. The van der Waals surface area contributed by atoms with Gasteiger partial charge >= 0.3 is 18.1 Å². The second-order valence-electron chi connectivity index (χ2n) is 7.25. The number of rotatable bonds is 5. The van der Waals surface area contributed by atoms with Crippen LogP contribution in [0.25, 0.3) is 17.4 Å². The Labute approximate surface area is 195 Å². The minimum atomic E-state index is -4.96. The lowest BCUT2D eigenvalue weighted by molar-refractivity contribution is -0.114. The molecule has 0 aliphatic carbocycles. The maximum absolute atomic E-state index is 13.7.